The molecule has 0 saturated heterocycles. The number of carbonyl (C=O) groups is 2. The van der Waals surface area contributed by atoms with E-state index < -0.39 is 6.04 Å². The predicted octanol–water partition coefficient (Wildman–Crippen LogP) is 3.18. The van der Waals surface area contributed by atoms with Crippen LogP contribution in [0.1, 0.15) is 23.6 Å². The molecule has 0 spiro atoms. The number of nitrogens with one attached hydrogen (secondary N) is 2. The van der Waals surface area contributed by atoms with Crippen LogP contribution in [0.2, 0.25) is 0 Å². The molecule has 0 bridgehead atoms. The molecule has 0 unspecified atom stereocenters. The molecule has 25 heavy (non-hydrogen) atoms. The maximum absolute atomic E-state index is 12.5. The van der Waals surface area contributed by atoms with Crippen molar-refractivity contribution in [2.45, 2.75) is 26.3 Å². The van der Waals surface area contributed by atoms with Gasteiger partial charge in [-0.25, -0.2) is 4.98 Å². The Morgan fingerprint density at radius 2 is 1.92 bits per heavy atom. The Balaban J connectivity index is 1.59. The van der Waals surface area contributed by atoms with Crippen LogP contribution in [-0.2, 0) is 9.59 Å². The van der Waals surface area contributed by atoms with Gasteiger partial charge in [0.25, 0.3) is 0 Å². The first-order valence-electron chi connectivity index (χ1n) is 8.17. The third-order valence-corrected chi connectivity index (χ3v) is 4.33. The van der Waals surface area contributed by atoms with Gasteiger partial charge in [0.2, 0.25) is 17.8 Å². The number of aryl methyl sites for hydroxylation is 2. The predicted molar refractivity (Wildman–Crippen MR) is 96.6 cm³/mol. The molecule has 1 aliphatic heterocycles. The molecule has 1 aromatic heterocycles. The Bertz CT molecular complexity index is 986. The molecule has 0 radical (unpaired) electrons. The van der Waals surface area contributed by atoms with E-state index >= 15 is 0 Å². The SMILES string of the molecule is Cc1cc(C)cc(NC(=O)C[C@@H]2C(=O)Nc3nc4ccccc4n32)c1. The minimum absolute atomic E-state index is 0.0617. The summed E-state index contributed by atoms with van der Waals surface area (Å²) in [7, 11) is 0. The van der Waals surface area contributed by atoms with Crippen molar-refractivity contribution in [1.82, 2.24) is 9.55 Å². The molecule has 2 amide bonds. The first kappa shape index (κ1) is 15.4. The number of nitrogens with zero attached hydrogens (tertiary/aromatic N) is 2. The van der Waals surface area contributed by atoms with Crippen LogP contribution in [0.3, 0.4) is 0 Å². The number of anilines is 2. The second-order valence-corrected chi connectivity index (χ2v) is 6.43. The van der Waals surface area contributed by atoms with Crippen LogP contribution in [0, 0.1) is 13.8 Å². The van der Waals surface area contributed by atoms with Gasteiger partial charge in [0.15, 0.2) is 0 Å². The maximum Gasteiger partial charge on any atom is 0.250 e. The first-order valence-corrected chi connectivity index (χ1v) is 8.17. The molecule has 4 rings (SSSR count). The van der Waals surface area contributed by atoms with Crippen LogP contribution >= 0.6 is 0 Å². The lowest BCUT2D eigenvalue weighted by molar-refractivity contribution is -0.123. The van der Waals surface area contributed by atoms with Crippen molar-refractivity contribution in [2.75, 3.05) is 10.6 Å². The molecule has 0 saturated carbocycles. The zero-order chi connectivity index (χ0) is 17.6. The Morgan fingerprint density at radius 3 is 2.68 bits per heavy atom. The van der Waals surface area contributed by atoms with Crippen molar-refractivity contribution < 1.29 is 9.59 Å². The van der Waals surface area contributed by atoms with Gasteiger partial charge in [-0.3, -0.25) is 19.5 Å². The Morgan fingerprint density at radius 1 is 1.20 bits per heavy atom. The van der Waals surface area contributed by atoms with E-state index in [1.807, 2.05) is 56.3 Å². The van der Waals surface area contributed by atoms with E-state index in [-0.39, 0.29) is 18.2 Å². The standard InChI is InChI=1S/C19H18N4O2/c1-11-7-12(2)9-13(8-11)20-17(24)10-16-18(25)22-19-21-14-5-3-4-6-15(14)23(16)19/h3-9,16H,10H2,1-2H3,(H,20,24)(H,21,22,25)/t16-/m1/s1. The molecule has 6 nitrogen and oxygen atoms in total. The number of fused-ring (bicyclic) bond motifs is 3. The number of para-hydroxylation sites is 2. The summed E-state index contributed by atoms with van der Waals surface area (Å²) in [6.45, 7) is 3.97. The van der Waals surface area contributed by atoms with Gasteiger partial charge in [0, 0.05) is 5.69 Å². The molecule has 2 N–H and O–H groups in total. The Labute approximate surface area is 144 Å². The highest BCUT2D eigenvalue weighted by Gasteiger charge is 2.34. The van der Waals surface area contributed by atoms with Gasteiger partial charge >= 0.3 is 0 Å². The summed E-state index contributed by atoms with van der Waals surface area (Å²) in [5, 5.41) is 5.65. The van der Waals surface area contributed by atoms with Crippen LogP contribution in [0.5, 0.6) is 0 Å². The molecular weight excluding hydrogens is 316 g/mol. The quantitative estimate of drug-likeness (QED) is 0.772. The van der Waals surface area contributed by atoms with Gasteiger partial charge in [0.1, 0.15) is 6.04 Å². The second-order valence-electron chi connectivity index (χ2n) is 6.43. The monoisotopic (exact) mass is 334 g/mol. The van der Waals surface area contributed by atoms with Gasteiger partial charge in [-0.1, -0.05) is 18.2 Å². The van der Waals surface area contributed by atoms with Crippen LogP contribution < -0.4 is 10.6 Å². The summed E-state index contributed by atoms with van der Waals surface area (Å²) >= 11 is 0. The topological polar surface area (TPSA) is 76.0 Å². The molecule has 1 atom stereocenters. The van der Waals surface area contributed by atoms with Gasteiger partial charge in [-0.05, 0) is 49.2 Å². The number of hydrogen-bond acceptors (Lipinski definition) is 3. The maximum atomic E-state index is 12.5. The number of carbonyl (C=O) groups excluding carboxylic acids is 2. The summed E-state index contributed by atoms with van der Waals surface area (Å²) < 4.78 is 1.80. The fourth-order valence-electron chi connectivity index (χ4n) is 3.38. The van der Waals surface area contributed by atoms with Crippen molar-refractivity contribution in [2.24, 2.45) is 0 Å². The van der Waals surface area contributed by atoms with Crippen molar-refractivity contribution in [1.29, 1.82) is 0 Å². The van der Waals surface area contributed by atoms with Gasteiger partial charge < -0.3 is 5.32 Å². The van der Waals surface area contributed by atoms with E-state index in [9.17, 15) is 9.59 Å². The zero-order valence-electron chi connectivity index (χ0n) is 14.0. The summed E-state index contributed by atoms with van der Waals surface area (Å²) in [5.74, 6) is 0.0926. The van der Waals surface area contributed by atoms with E-state index in [0.29, 0.717) is 5.95 Å². The number of hydrogen-bond donors (Lipinski definition) is 2. The van der Waals surface area contributed by atoms with Crippen molar-refractivity contribution >= 4 is 34.5 Å². The average Bonchev–Trinajstić information content (AvgIpc) is 3.02. The smallest absolute Gasteiger partial charge is 0.250 e. The lowest BCUT2D eigenvalue weighted by Gasteiger charge is -2.12. The number of rotatable bonds is 3. The molecule has 2 aromatic carbocycles. The number of amides is 2. The van der Waals surface area contributed by atoms with Crippen LogP contribution in [0.25, 0.3) is 11.0 Å². The fourth-order valence-corrected chi connectivity index (χ4v) is 3.38. The highest BCUT2D eigenvalue weighted by Crippen LogP contribution is 2.32. The lowest BCUT2D eigenvalue weighted by Crippen LogP contribution is -2.23. The summed E-state index contributed by atoms with van der Waals surface area (Å²) in [5.41, 5.74) is 4.56. The van der Waals surface area contributed by atoms with Gasteiger partial charge in [-0.15, -0.1) is 0 Å². The molecule has 2 heterocycles. The van der Waals surface area contributed by atoms with Crippen molar-refractivity contribution in [3.05, 3.63) is 53.6 Å². The highest BCUT2D eigenvalue weighted by atomic mass is 16.2. The second kappa shape index (κ2) is 5.73. The average molecular weight is 334 g/mol. The molecule has 0 aliphatic carbocycles. The van der Waals surface area contributed by atoms with E-state index in [1.165, 1.54) is 0 Å². The normalized spacial score (nSPS) is 15.9. The van der Waals surface area contributed by atoms with E-state index in [2.05, 4.69) is 15.6 Å². The molecule has 1 aliphatic rings. The Hall–Kier alpha value is -3.15. The summed E-state index contributed by atoms with van der Waals surface area (Å²) in [4.78, 5) is 29.2. The third-order valence-electron chi connectivity index (χ3n) is 4.33. The van der Waals surface area contributed by atoms with E-state index in [1.54, 1.807) is 4.57 Å². The molecule has 6 heteroatoms. The van der Waals surface area contributed by atoms with Gasteiger partial charge in [0.05, 0.1) is 17.5 Å². The molecule has 0 fully saturated rings. The largest absolute Gasteiger partial charge is 0.326 e. The molecular formula is C19H18N4O2. The fraction of sp³-hybridized carbons (Fsp3) is 0.211. The number of benzene rings is 2. The number of aromatic nitrogens is 2. The molecule has 3 aromatic rings. The van der Waals surface area contributed by atoms with Crippen LogP contribution in [0.4, 0.5) is 11.6 Å². The van der Waals surface area contributed by atoms with E-state index in [0.717, 1.165) is 27.8 Å². The van der Waals surface area contributed by atoms with Crippen molar-refractivity contribution in [3.8, 4) is 0 Å². The summed E-state index contributed by atoms with van der Waals surface area (Å²) in [6, 6.07) is 12.9. The number of imidazole rings is 1. The van der Waals surface area contributed by atoms with Crippen molar-refractivity contribution in [3.63, 3.8) is 0 Å². The third kappa shape index (κ3) is 2.76. The summed E-state index contributed by atoms with van der Waals surface area (Å²) in [6.07, 6.45) is 0.0617. The van der Waals surface area contributed by atoms with Crippen LogP contribution in [-0.4, -0.2) is 21.4 Å². The van der Waals surface area contributed by atoms with Gasteiger partial charge in [-0.2, -0.15) is 0 Å². The minimum Gasteiger partial charge on any atom is -0.326 e. The Kier molecular flexibility index (Phi) is 3.53. The van der Waals surface area contributed by atoms with Crippen LogP contribution in [0.15, 0.2) is 42.5 Å². The minimum atomic E-state index is -0.590. The molecule has 126 valence electrons. The lowest BCUT2D eigenvalue weighted by atomic mass is 10.1. The van der Waals surface area contributed by atoms with E-state index in [4.69, 9.17) is 0 Å². The zero-order valence-corrected chi connectivity index (χ0v) is 14.0. The highest BCUT2D eigenvalue weighted by molar-refractivity contribution is 6.03. The first-order chi connectivity index (χ1) is 12.0.